The number of pyridine rings is 1. The summed E-state index contributed by atoms with van der Waals surface area (Å²) in [7, 11) is 0. The van der Waals surface area contributed by atoms with Crippen molar-refractivity contribution in [2.75, 3.05) is 18.4 Å². The summed E-state index contributed by atoms with van der Waals surface area (Å²) in [5.74, 6) is 0.0912. The van der Waals surface area contributed by atoms with E-state index in [9.17, 15) is 9.59 Å². The first kappa shape index (κ1) is 19.2. The van der Waals surface area contributed by atoms with Gasteiger partial charge in [0.2, 0.25) is 0 Å². The monoisotopic (exact) mass is 418 g/mol. The number of ether oxygens (including phenoxy) is 1. The maximum absolute atomic E-state index is 13.3. The van der Waals surface area contributed by atoms with Gasteiger partial charge >= 0.3 is 5.97 Å². The summed E-state index contributed by atoms with van der Waals surface area (Å²) in [6.07, 6.45) is 6.30. The van der Waals surface area contributed by atoms with Crippen LogP contribution in [0.15, 0.2) is 48.9 Å². The standard InChI is InChI=1S/C22H22N6O3/c1-14-16-8-9-23-20(19(16)22(30)31-14)26-15-5-4-12-27(13-15)21(29)17-6-2-3-7-18(17)28-24-10-11-25-28/h2-3,6-11,14-15H,4-5,12-13H2,1H3,(H,23,26). The Morgan fingerprint density at radius 3 is 2.81 bits per heavy atom. The van der Waals surface area contributed by atoms with Gasteiger partial charge in [-0.25, -0.2) is 9.78 Å². The van der Waals surface area contributed by atoms with Crippen molar-refractivity contribution in [1.82, 2.24) is 24.9 Å². The number of nitrogens with zero attached hydrogens (tertiary/aromatic N) is 5. The molecule has 9 nitrogen and oxygen atoms in total. The fraction of sp³-hybridized carbons (Fsp3) is 0.318. The highest BCUT2D eigenvalue weighted by Crippen LogP contribution is 2.34. The van der Waals surface area contributed by atoms with E-state index in [4.69, 9.17) is 4.74 Å². The van der Waals surface area contributed by atoms with Crippen LogP contribution in [0.1, 0.15) is 52.1 Å². The zero-order chi connectivity index (χ0) is 21.4. The molecule has 2 atom stereocenters. The maximum Gasteiger partial charge on any atom is 0.342 e. The van der Waals surface area contributed by atoms with Crippen LogP contribution in [0.25, 0.3) is 5.69 Å². The molecule has 2 aromatic heterocycles. The Kier molecular flexibility index (Phi) is 4.85. The molecule has 4 heterocycles. The molecule has 1 saturated heterocycles. The number of hydrogen-bond acceptors (Lipinski definition) is 7. The lowest BCUT2D eigenvalue weighted by Gasteiger charge is -2.34. The van der Waals surface area contributed by atoms with Crippen LogP contribution in [0.3, 0.4) is 0 Å². The van der Waals surface area contributed by atoms with Crippen LogP contribution in [0.2, 0.25) is 0 Å². The Bertz CT molecular complexity index is 1130. The van der Waals surface area contributed by atoms with E-state index in [1.54, 1.807) is 24.7 Å². The lowest BCUT2D eigenvalue weighted by atomic mass is 10.0. The van der Waals surface area contributed by atoms with Gasteiger partial charge in [0.1, 0.15) is 17.5 Å². The number of likely N-dealkylation sites (tertiary alicyclic amines) is 1. The minimum absolute atomic E-state index is 0.0182. The van der Waals surface area contributed by atoms with Gasteiger partial charge in [0.15, 0.2) is 0 Å². The Labute approximate surface area is 179 Å². The SMILES string of the molecule is CC1OC(=O)c2c1ccnc2NC1CCCN(C(=O)c2ccccc2-n2nccn2)C1. The molecule has 2 unspecified atom stereocenters. The average Bonchev–Trinajstić information content (AvgIpc) is 3.42. The Morgan fingerprint density at radius 2 is 1.97 bits per heavy atom. The van der Waals surface area contributed by atoms with Crippen molar-refractivity contribution in [2.45, 2.75) is 31.9 Å². The first-order chi connectivity index (χ1) is 15.1. The number of aromatic nitrogens is 4. The summed E-state index contributed by atoms with van der Waals surface area (Å²) in [6, 6.07) is 9.11. The Hall–Kier alpha value is -3.75. The quantitative estimate of drug-likeness (QED) is 0.650. The molecule has 0 aliphatic carbocycles. The van der Waals surface area contributed by atoms with Gasteiger partial charge in [-0.1, -0.05) is 12.1 Å². The highest BCUT2D eigenvalue weighted by molar-refractivity contribution is 5.99. The third-order valence-corrected chi connectivity index (χ3v) is 5.73. The van der Waals surface area contributed by atoms with Gasteiger partial charge in [0.05, 0.1) is 23.6 Å². The van der Waals surface area contributed by atoms with Crippen LogP contribution < -0.4 is 5.32 Å². The van der Waals surface area contributed by atoms with E-state index in [1.807, 2.05) is 36.1 Å². The number of carbonyl (C=O) groups excluding carboxylic acids is 2. The zero-order valence-electron chi connectivity index (χ0n) is 17.1. The first-order valence-electron chi connectivity index (χ1n) is 10.3. The van der Waals surface area contributed by atoms with Crippen molar-refractivity contribution < 1.29 is 14.3 Å². The molecule has 5 rings (SSSR count). The smallest absolute Gasteiger partial charge is 0.342 e. The molecular formula is C22H22N6O3. The second-order valence-corrected chi connectivity index (χ2v) is 7.74. The molecule has 1 amide bonds. The number of amides is 1. The van der Waals surface area contributed by atoms with E-state index >= 15 is 0 Å². The van der Waals surface area contributed by atoms with Crippen molar-refractivity contribution in [2.24, 2.45) is 0 Å². The number of fused-ring (bicyclic) bond motifs is 1. The van der Waals surface area contributed by atoms with Gasteiger partial charge in [-0.15, -0.1) is 0 Å². The normalized spacial score (nSPS) is 20.3. The molecule has 1 fully saturated rings. The molecule has 1 N–H and O–H groups in total. The number of cyclic esters (lactones) is 1. The molecular weight excluding hydrogens is 396 g/mol. The highest BCUT2D eigenvalue weighted by Gasteiger charge is 2.33. The van der Waals surface area contributed by atoms with Gasteiger partial charge in [-0.3, -0.25) is 4.79 Å². The van der Waals surface area contributed by atoms with Gasteiger partial charge in [0, 0.05) is 30.9 Å². The van der Waals surface area contributed by atoms with E-state index in [-0.39, 0.29) is 24.0 Å². The van der Waals surface area contributed by atoms with Crippen LogP contribution >= 0.6 is 0 Å². The number of rotatable bonds is 4. The minimum atomic E-state index is -0.359. The molecule has 0 bridgehead atoms. The van der Waals surface area contributed by atoms with Crippen LogP contribution in [0, 0.1) is 0 Å². The number of benzene rings is 1. The highest BCUT2D eigenvalue weighted by atomic mass is 16.5. The lowest BCUT2D eigenvalue weighted by molar-refractivity contribution is 0.0422. The van der Waals surface area contributed by atoms with Crippen LogP contribution in [-0.2, 0) is 4.74 Å². The summed E-state index contributed by atoms with van der Waals surface area (Å²) in [4.78, 5) is 33.3. The van der Waals surface area contributed by atoms with Crippen LogP contribution in [-0.4, -0.2) is 55.9 Å². The van der Waals surface area contributed by atoms with Crippen molar-refractivity contribution in [3.8, 4) is 5.69 Å². The summed E-state index contributed by atoms with van der Waals surface area (Å²) in [6.45, 7) is 3.02. The van der Waals surface area contributed by atoms with E-state index in [0.717, 1.165) is 18.4 Å². The predicted octanol–water partition coefficient (Wildman–Crippen LogP) is 2.61. The number of carbonyl (C=O) groups is 2. The second-order valence-electron chi connectivity index (χ2n) is 7.74. The summed E-state index contributed by atoms with van der Waals surface area (Å²) in [5, 5.41) is 11.7. The fourth-order valence-corrected chi connectivity index (χ4v) is 4.23. The number of para-hydroxylation sites is 1. The van der Waals surface area contributed by atoms with E-state index < -0.39 is 0 Å². The Morgan fingerprint density at radius 1 is 1.16 bits per heavy atom. The molecule has 0 spiro atoms. The van der Waals surface area contributed by atoms with E-state index in [1.165, 1.54) is 4.80 Å². The molecule has 158 valence electrons. The minimum Gasteiger partial charge on any atom is -0.454 e. The number of hydrogen-bond donors (Lipinski definition) is 1. The molecule has 3 aromatic rings. The molecule has 31 heavy (non-hydrogen) atoms. The molecule has 0 radical (unpaired) electrons. The van der Waals surface area contributed by atoms with Gasteiger partial charge < -0.3 is 15.0 Å². The molecule has 1 aromatic carbocycles. The lowest BCUT2D eigenvalue weighted by Crippen LogP contribution is -2.45. The number of esters is 1. The second kappa shape index (κ2) is 7.82. The largest absolute Gasteiger partial charge is 0.454 e. The summed E-state index contributed by atoms with van der Waals surface area (Å²) >= 11 is 0. The van der Waals surface area contributed by atoms with Gasteiger partial charge in [-0.05, 0) is 38.0 Å². The molecule has 9 heteroatoms. The van der Waals surface area contributed by atoms with Gasteiger partial charge in [0.25, 0.3) is 5.91 Å². The number of piperidine rings is 1. The maximum atomic E-state index is 13.3. The third kappa shape index (κ3) is 3.52. The Balaban J connectivity index is 1.36. The molecule has 0 saturated carbocycles. The topological polar surface area (TPSA) is 102 Å². The van der Waals surface area contributed by atoms with Crippen LogP contribution in [0.5, 0.6) is 0 Å². The molecule has 2 aliphatic heterocycles. The number of anilines is 1. The fourth-order valence-electron chi connectivity index (χ4n) is 4.23. The first-order valence-corrected chi connectivity index (χ1v) is 10.3. The average molecular weight is 418 g/mol. The van der Waals surface area contributed by atoms with Crippen molar-refractivity contribution in [3.05, 3.63) is 65.6 Å². The summed E-state index contributed by atoms with van der Waals surface area (Å²) < 4.78 is 5.33. The van der Waals surface area contributed by atoms with E-state index in [2.05, 4.69) is 20.5 Å². The van der Waals surface area contributed by atoms with Crippen LogP contribution in [0.4, 0.5) is 5.82 Å². The van der Waals surface area contributed by atoms with E-state index in [0.29, 0.717) is 35.7 Å². The number of nitrogens with one attached hydrogen (secondary N) is 1. The zero-order valence-corrected chi connectivity index (χ0v) is 17.1. The molecule has 2 aliphatic rings. The predicted molar refractivity (Wildman–Crippen MR) is 112 cm³/mol. The van der Waals surface area contributed by atoms with Gasteiger partial charge in [-0.2, -0.15) is 15.0 Å². The summed E-state index contributed by atoms with van der Waals surface area (Å²) in [5.41, 5.74) is 2.53. The third-order valence-electron chi connectivity index (χ3n) is 5.73. The van der Waals surface area contributed by atoms with Crippen molar-refractivity contribution in [1.29, 1.82) is 0 Å². The van der Waals surface area contributed by atoms with Crippen molar-refractivity contribution >= 4 is 17.7 Å². The van der Waals surface area contributed by atoms with Crippen molar-refractivity contribution in [3.63, 3.8) is 0 Å².